The lowest BCUT2D eigenvalue weighted by Crippen LogP contribution is -2.03. The highest BCUT2D eigenvalue weighted by atomic mass is 16.5. The number of nitrogens with one attached hydrogen (secondary N) is 2. The average Bonchev–Trinajstić information content (AvgIpc) is 2.68. The zero-order valence-electron chi connectivity index (χ0n) is 15.1. The smallest absolute Gasteiger partial charge is 0.229 e. The van der Waals surface area contributed by atoms with Gasteiger partial charge in [0.15, 0.2) is 0 Å². The normalized spacial score (nSPS) is 10.6. The summed E-state index contributed by atoms with van der Waals surface area (Å²) in [5.74, 6) is 1.98. The van der Waals surface area contributed by atoms with Gasteiger partial charge in [-0.3, -0.25) is 4.98 Å². The Labute approximate surface area is 157 Å². The Kier molecular flexibility index (Phi) is 4.53. The fourth-order valence-corrected chi connectivity index (χ4v) is 2.86. The molecule has 0 unspecified atom stereocenters. The highest BCUT2D eigenvalue weighted by molar-refractivity contribution is 5.91. The number of hydrogen-bond donors (Lipinski definition) is 2. The molecule has 2 aromatic heterocycles. The second kappa shape index (κ2) is 7.29. The summed E-state index contributed by atoms with van der Waals surface area (Å²) in [5, 5.41) is 7.66. The van der Waals surface area contributed by atoms with Crippen LogP contribution in [-0.4, -0.2) is 22.1 Å². The van der Waals surface area contributed by atoms with Crippen LogP contribution in [0.5, 0.6) is 5.75 Å². The lowest BCUT2D eigenvalue weighted by atomic mass is 10.2. The molecule has 0 aliphatic rings. The highest BCUT2D eigenvalue weighted by Gasteiger charge is 2.07. The molecule has 0 spiro atoms. The van der Waals surface area contributed by atoms with Gasteiger partial charge in [0.25, 0.3) is 0 Å². The molecule has 0 fully saturated rings. The van der Waals surface area contributed by atoms with Crippen LogP contribution >= 0.6 is 0 Å². The van der Waals surface area contributed by atoms with Gasteiger partial charge < -0.3 is 15.4 Å². The first kappa shape index (κ1) is 16.8. The summed E-state index contributed by atoms with van der Waals surface area (Å²) in [6, 6.07) is 19.5. The molecular formula is C21H19N5O. The number of aromatic nitrogens is 3. The number of nitrogens with zero attached hydrogens (tertiary/aromatic N) is 3. The maximum Gasteiger partial charge on any atom is 0.229 e. The molecule has 6 heteroatoms. The third kappa shape index (κ3) is 3.79. The van der Waals surface area contributed by atoms with Crippen molar-refractivity contribution in [1.82, 2.24) is 15.0 Å². The first-order valence-electron chi connectivity index (χ1n) is 8.59. The molecule has 2 N–H and O–H groups in total. The van der Waals surface area contributed by atoms with Crippen LogP contribution in [0.3, 0.4) is 0 Å². The van der Waals surface area contributed by atoms with Crippen LogP contribution in [0, 0.1) is 6.92 Å². The number of benzene rings is 2. The molecule has 134 valence electrons. The Morgan fingerprint density at radius 2 is 1.74 bits per heavy atom. The summed E-state index contributed by atoms with van der Waals surface area (Å²) in [4.78, 5) is 13.5. The lowest BCUT2D eigenvalue weighted by molar-refractivity contribution is 0.415. The van der Waals surface area contributed by atoms with Gasteiger partial charge in [-0.15, -0.1) is 0 Å². The van der Waals surface area contributed by atoms with Gasteiger partial charge in [-0.2, -0.15) is 4.98 Å². The van der Waals surface area contributed by atoms with E-state index in [2.05, 4.69) is 25.6 Å². The van der Waals surface area contributed by atoms with Gasteiger partial charge in [-0.25, -0.2) is 4.98 Å². The number of pyridine rings is 1. The number of anilines is 4. The lowest BCUT2D eigenvalue weighted by Gasteiger charge is -2.11. The molecule has 0 saturated heterocycles. The molecule has 0 bridgehead atoms. The number of fused-ring (bicyclic) bond motifs is 1. The summed E-state index contributed by atoms with van der Waals surface area (Å²) in [6.45, 7) is 1.94. The molecule has 0 aliphatic heterocycles. The van der Waals surface area contributed by atoms with Crippen LogP contribution in [-0.2, 0) is 0 Å². The number of rotatable bonds is 5. The van der Waals surface area contributed by atoms with E-state index in [0.29, 0.717) is 11.8 Å². The molecule has 0 atom stereocenters. The van der Waals surface area contributed by atoms with Gasteiger partial charge in [0, 0.05) is 35.1 Å². The predicted molar refractivity (Wildman–Crippen MR) is 108 cm³/mol. The standard InChI is InChI=1S/C21H19N5O/c1-14-12-19(25-18-10-3-6-15-7-5-11-22-20(15)18)26-21(23-14)24-16-8-4-9-17(13-16)27-2/h3-13H,1-2H3,(H2,23,24,25,26). The fourth-order valence-electron chi connectivity index (χ4n) is 2.86. The maximum atomic E-state index is 5.26. The van der Waals surface area contributed by atoms with E-state index in [1.165, 1.54) is 0 Å². The largest absolute Gasteiger partial charge is 0.497 e. The van der Waals surface area contributed by atoms with E-state index in [9.17, 15) is 0 Å². The molecule has 0 aliphatic carbocycles. The Morgan fingerprint density at radius 1 is 0.889 bits per heavy atom. The van der Waals surface area contributed by atoms with Crippen molar-refractivity contribution in [3.05, 3.63) is 72.6 Å². The van der Waals surface area contributed by atoms with Crippen molar-refractivity contribution < 1.29 is 4.74 Å². The molecular weight excluding hydrogens is 338 g/mol. The van der Waals surface area contributed by atoms with Crippen molar-refractivity contribution in [2.75, 3.05) is 17.7 Å². The van der Waals surface area contributed by atoms with Crippen LogP contribution in [0.25, 0.3) is 10.9 Å². The van der Waals surface area contributed by atoms with E-state index in [-0.39, 0.29) is 0 Å². The Hall–Kier alpha value is -3.67. The molecule has 4 aromatic rings. The average molecular weight is 357 g/mol. The molecule has 2 heterocycles. The van der Waals surface area contributed by atoms with Crippen molar-refractivity contribution in [2.45, 2.75) is 6.92 Å². The van der Waals surface area contributed by atoms with Crippen molar-refractivity contribution in [1.29, 1.82) is 0 Å². The van der Waals surface area contributed by atoms with Crippen LogP contribution in [0.1, 0.15) is 5.69 Å². The van der Waals surface area contributed by atoms with Gasteiger partial charge in [0.1, 0.15) is 11.6 Å². The molecule has 6 nitrogen and oxygen atoms in total. The number of aryl methyl sites for hydroxylation is 1. The third-order valence-corrected chi connectivity index (χ3v) is 4.08. The predicted octanol–water partition coefficient (Wildman–Crippen LogP) is 4.83. The molecule has 0 amide bonds. The molecule has 4 rings (SSSR count). The zero-order chi connectivity index (χ0) is 18.6. The van der Waals surface area contributed by atoms with Gasteiger partial charge >= 0.3 is 0 Å². The van der Waals surface area contributed by atoms with E-state index in [1.807, 2.05) is 67.6 Å². The van der Waals surface area contributed by atoms with E-state index in [1.54, 1.807) is 13.3 Å². The Bertz CT molecular complexity index is 1090. The van der Waals surface area contributed by atoms with Crippen LogP contribution in [0.4, 0.5) is 23.1 Å². The number of para-hydroxylation sites is 1. The van der Waals surface area contributed by atoms with Crippen LogP contribution < -0.4 is 15.4 Å². The fraction of sp³-hybridized carbons (Fsp3) is 0.0952. The number of hydrogen-bond acceptors (Lipinski definition) is 6. The third-order valence-electron chi connectivity index (χ3n) is 4.08. The van der Waals surface area contributed by atoms with Gasteiger partial charge in [-0.1, -0.05) is 24.3 Å². The number of methoxy groups -OCH3 is 1. The molecule has 0 saturated carbocycles. The van der Waals surface area contributed by atoms with Crippen molar-refractivity contribution in [3.63, 3.8) is 0 Å². The Balaban J connectivity index is 1.64. The Morgan fingerprint density at radius 3 is 2.63 bits per heavy atom. The molecule has 0 radical (unpaired) electrons. The summed E-state index contributed by atoms with van der Waals surface area (Å²) >= 11 is 0. The minimum absolute atomic E-state index is 0.513. The van der Waals surface area contributed by atoms with Crippen LogP contribution in [0.2, 0.25) is 0 Å². The van der Waals surface area contributed by atoms with E-state index < -0.39 is 0 Å². The van der Waals surface area contributed by atoms with Crippen molar-refractivity contribution in [2.24, 2.45) is 0 Å². The zero-order valence-corrected chi connectivity index (χ0v) is 15.1. The minimum atomic E-state index is 0.513. The first-order valence-corrected chi connectivity index (χ1v) is 8.59. The van der Waals surface area contributed by atoms with Gasteiger partial charge in [0.05, 0.1) is 18.3 Å². The number of ether oxygens (including phenoxy) is 1. The summed E-state index contributed by atoms with van der Waals surface area (Å²) in [7, 11) is 1.64. The van der Waals surface area contributed by atoms with E-state index in [0.717, 1.165) is 33.7 Å². The van der Waals surface area contributed by atoms with Crippen LogP contribution in [0.15, 0.2) is 66.9 Å². The van der Waals surface area contributed by atoms with Gasteiger partial charge in [-0.05, 0) is 31.2 Å². The second-order valence-corrected chi connectivity index (χ2v) is 6.08. The second-order valence-electron chi connectivity index (χ2n) is 6.08. The minimum Gasteiger partial charge on any atom is -0.497 e. The molecule has 27 heavy (non-hydrogen) atoms. The first-order chi connectivity index (χ1) is 13.2. The molecule has 2 aromatic carbocycles. The SMILES string of the molecule is COc1cccc(Nc2nc(C)cc(Nc3cccc4cccnc34)n2)c1. The topological polar surface area (TPSA) is 72.0 Å². The highest BCUT2D eigenvalue weighted by Crippen LogP contribution is 2.25. The maximum absolute atomic E-state index is 5.26. The quantitative estimate of drug-likeness (QED) is 0.533. The van der Waals surface area contributed by atoms with Crippen molar-refractivity contribution >= 4 is 34.0 Å². The van der Waals surface area contributed by atoms with Crippen molar-refractivity contribution in [3.8, 4) is 5.75 Å². The summed E-state index contributed by atoms with van der Waals surface area (Å²) in [5.41, 5.74) is 3.51. The summed E-state index contributed by atoms with van der Waals surface area (Å²) in [6.07, 6.45) is 1.79. The monoisotopic (exact) mass is 357 g/mol. The summed E-state index contributed by atoms with van der Waals surface area (Å²) < 4.78 is 5.26. The van der Waals surface area contributed by atoms with E-state index in [4.69, 9.17) is 4.74 Å². The van der Waals surface area contributed by atoms with E-state index >= 15 is 0 Å². The van der Waals surface area contributed by atoms with Gasteiger partial charge in [0.2, 0.25) is 5.95 Å².